The number of thiophene rings is 1. The molecule has 0 aliphatic heterocycles. The third-order valence-electron chi connectivity index (χ3n) is 3.76. The van der Waals surface area contributed by atoms with Gasteiger partial charge >= 0.3 is 0 Å². The Morgan fingerprint density at radius 3 is 2.42 bits per heavy atom. The Kier molecular flexibility index (Phi) is 3.81. The summed E-state index contributed by atoms with van der Waals surface area (Å²) < 4.78 is 7.03. The fourth-order valence-electron chi connectivity index (χ4n) is 2.58. The molecule has 2 heterocycles. The number of hydrogen-bond donors (Lipinski definition) is 1. The number of fused-ring (bicyclic) bond motifs is 1. The lowest BCUT2D eigenvalue weighted by Crippen LogP contribution is -1.86. The first kappa shape index (κ1) is 14.6. The summed E-state index contributed by atoms with van der Waals surface area (Å²) in [7, 11) is 0. The van der Waals surface area contributed by atoms with Crippen molar-refractivity contribution >= 4 is 27.6 Å². The molecule has 0 saturated heterocycles. The van der Waals surface area contributed by atoms with Crippen molar-refractivity contribution in [2.45, 2.75) is 0 Å². The van der Waals surface area contributed by atoms with Gasteiger partial charge in [-0.3, -0.25) is 4.98 Å². The zero-order valence-electron chi connectivity index (χ0n) is 12.8. The van der Waals surface area contributed by atoms with E-state index < -0.39 is 0 Å². The quantitative estimate of drug-likeness (QED) is 0.484. The molecule has 4 rings (SSSR count). The molecule has 116 valence electrons. The molecule has 0 radical (unpaired) electrons. The van der Waals surface area contributed by atoms with Crippen molar-refractivity contribution in [2.75, 3.05) is 0 Å². The second-order valence-corrected chi connectivity index (χ2v) is 6.45. The molecule has 0 atom stereocenters. The predicted molar refractivity (Wildman–Crippen MR) is 99.5 cm³/mol. The smallest absolute Gasteiger partial charge is 0.154 e. The van der Waals surface area contributed by atoms with Crippen molar-refractivity contribution in [2.24, 2.45) is 0 Å². The third-order valence-corrected chi connectivity index (χ3v) is 4.78. The zero-order chi connectivity index (χ0) is 16.4. The van der Waals surface area contributed by atoms with E-state index in [9.17, 15) is 0 Å². The molecule has 0 bridgehead atoms. The molecule has 24 heavy (non-hydrogen) atoms. The Bertz CT molecular complexity index is 991. The molecule has 0 fully saturated rings. The molecule has 0 saturated carbocycles. The topological polar surface area (TPSA) is 46.0 Å². The molecule has 2 aromatic carbocycles. The number of aromatic nitrogens is 1. The van der Waals surface area contributed by atoms with Gasteiger partial charge in [0.1, 0.15) is 5.75 Å². The van der Waals surface area contributed by atoms with Crippen LogP contribution in [0.5, 0.6) is 11.5 Å². The van der Waals surface area contributed by atoms with Gasteiger partial charge in [0.05, 0.1) is 10.9 Å². The van der Waals surface area contributed by atoms with E-state index in [1.807, 2.05) is 36.4 Å². The summed E-state index contributed by atoms with van der Waals surface area (Å²) in [6.45, 7) is 0. The number of hydrogen-bond acceptors (Lipinski definition) is 4. The lowest BCUT2D eigenvalue weighted by molar-refractivity contribution is 0.486. The standard InChI is InChI=1S/C20H14N2OS/c21-11-17-10-18-19(12-22-13-20(18)24-17)23-16-8-6-15(7-9-16)14-4-2-1-3-5-14/h1-13,21H. The molecule has 0 aliphatic rings. The number of nitrogens with zero attached hydrogens (tertiary/aromatic N) is 1. The van der Waals surface area contributed by atoms with E-state index in [0.29, 0.717) is 5.75 Å². The number of ether oxygens (including phenoxy) is 1. The van der Waals surface area contributed by atoms with Crippen molar-refractivity contribution < 1.29 is 4.74 Å². The highest BCUT2D eigenvalue weighted by Gasteiger charge is 2.08. The minimum atomic E-state index is 0.712. The average Bonchev–Trinajstić information content (AvgIpc) is 3.08. The van der Waals surface area contributed by atoms with Gasteiger partial charge < -0.3 is 10.1 Å². The number of nitrogens with one attached hydrogen (secondary N) is 1. The maximum Gasteiger partial charge on any atom is 0.154 e. The van der Waals surface area contributed by atoms with Crippen LogP contribution >= 0.6 is 11.3 Å². The normalized spacial score (nSPS) is 10.7. The fraction of sp³-hybridized carbons (Fsp3) is 0. The molecule has 1 N–H and O–H groups in total. The first-order valence-electron chi connectivity index (χ1n) is 7.55. The molecule has 3 nitrogen and oxygen atoms in total. The van der Waals surface area contributed by atoms with Crippen molar-refractivity contribution in [1.82, 2.24) is 4.98 Å². The Morgan fingerprint density at radius 1 is 0.917 bits per heavy atom. The highest BCUT2D eigenvalue weighted by Crippen LogP contribution is 2.34. The van der Waals surface area contributed by atoms with Gasteiger partial charge in [0, 0.05) is 22.7 Å². The largest absolute Gasteiger partial charge is 0.455 e. The summed E-state index contributed by atoms with van der Waals surface area (Å²) in [5, 5.41) is 8.38. The van der Waals surface area contributed by atoms with Gasteiger partial charge in [0.15, 0.2) is 5.75 Å². The van der Waals surface area contributed by atoms with Crippen molar-refractivity contribution in [3.63, 3.8) is 0 Å². The molecule has 0 unspecified atom stereocenters. The van der Waals surface area contributed by atoms with Crippen molar-refractivity contribution in [3.8, 4) is 22.6 Å². The monoisotopic (exact) mass is 330 g/mol. The van der Waals surface area contributed by atoms with E-state index >= 15 is 0 Å². The molecule has 0 aliphatic carbocycles. The molecule has 4 aromatic rings. The molecule has 0 spiro atoms. The molecular formula is C20H14N2OS. The second kappa shape index (κ2) is 6.26. The first-order valence-corrected chi connectivity index (χ1v) is 8.36. The van der Waals surface area contributed by atoms with Crippen LogP contribution in [0.2, 0.25) is 0 Å². The van der Waals surface area contributed by atoms with Crippen LogP contribution in [-0.4, -0.2) is 11.2 Å². The Labute approximate surface area is 143 Å². The van der Waals surface area contributed by atoms with Crippen LogP contribution < -0.4 is 4.74 Å². The van der Waals surface area contributed by atoms with E-state index in [1.165, 1.54) is 23.1 Å². The minimum absolute atomic E-state index is 0.712. The summed E-state index contributed by atoms with van der Waals surface area (Å²) >= 11 is 1.54. The van der Waals surface area contributed by atoms with Crippen molar-refractivity contribution in [1.29, 1.82) is 5.41 Å². The van der Waals surface area contributed by atoms with Crippen LogP contribution in [0.25, 0.3) is 21.2 Å². The number of pyridine rings is 1. The fourth-order valence-corrected chi connectivity index (χ4v) is 3.45. The summed E-state index contributed by atoms with van der Waals surface area (Å²) in [4.78, 5) is 5.12. The van der Waals surface area contributed by atoms with E-state index in [2.05, 4.69) is 29.2 Å². The first-order chi connectivity index (χ1) is 11.8. The van der Waals surface area contributed by atoms with Crippen LogP contribution in [0.3, 0.4) is 0 Å². The minimum Gasteiger partial charge on any atom is -0.455 e. The second-order valence-electron chi connectivity index (χ2n) is 5.34. The lowest BCUT2D eigenvalue weighted by atomic mass is 10.1. The van der Waals surface area contributed by atoms with Crippen LogP contribution in [0.15, 0.2) is 73.1 Å². The van der Waals surface area contributed by atoms with Crippen LogP contribution in [0, 0.1) is 5.41 Å². The molecule has 4 heteroatoms. The van der Waals surface area contributed by atoms with Gasteiger partial charge in [-0.25, -0.2) is 0 Å². The van der Waals surface area contributed by atoms with Gasteiger partial charge in [-0.15, -0.1) is 11.3 Å². The summed E-state index contributed by atoms with van der Waals surface area (Å²) in [6, 6.07) is 20.2. The van der Waals surface area contributed by atoms with Gasteiger partial charge in [0.25, 0.3) is 0 Å². The summed E-state index contributed by atoms with van der Waals surface area (Å²) in [6.07, 6.45) is 4.87. The highest BCUT2D eigenvalue weighted by atomic mass is 32.1. The van der Waals surface area contributed by atoms with Gasteiger partial charge in [-0.2, -0.15) is 0 Å². The van der Waals surface area contributed by atoms with Crippen LogP contribution in [-0.2, 0) is 0 Å². The van der Waals surface area contributed by atoms with Crippen LogP contribution in [0.1, 0.15) is 4.88 Å². The van der Waals surface area contributed by atoms with E-state index in [4.69, 9.17) is 10.1 Å². The Morgan fingerprint density at radius 2 is 1.67 bits per heavy atom. The number of benzene rings is 2. The Hall–Kier alpha value is -2.98. The Balaban J connectivity index is 1.64. The van der Waals surface area contributed by atoms with Gasteiger partial charge in [-0.1, -0.05) is 42.5 Å². The highest BCUT2D eigenvalue weighted by molar-refractivity contribution is 7.20. The summed E-state index contributed by atoms with van der Waals surface area (Å²) in [5.41, 5.74) is 2.34. The SMILES string of the molecule is N=Cc1cc2c(Oc3ccc(-c4ccccc4)cc3)cncc2s1. The maximum absolute atomic E-state index is 7.40. The molecule has 2 aromatic heterocycles. The average molecular weight is 330 g/mol. The zero-order valence-corrected chi connectivity index (χ0v) is 13.6. The van der Waals surface area contributed by atoms with Crippen molar-refractivity contribution in [3.05, 3.63) is 77.9 Å². The molecular weight excluding hydrogens is 316 g/mol. The third kappa shape index (κ3) is 2.79. The number of rotatable bonds is 4. The maximum atomic E-state index is 7.40. The van der Waals surface area contributed by atoms with E-state index in [1.54, 1.807) is 12.4 Å². The predicted octanol–water partition coefficient (Wildman–Crippen LogP) is 5.75. The van der Waals surface area contributed by atoms with Crippen LogP contribution in [0.4, 0.5) is 0 Å². The van der Waals surface area contributed by atoms with Gasteiger partial charge in [0.2, 0.25) is 0 Å². The van der Waals surface area contributed by atoms with E-state index in [0.717, 1.165) is 26.3 Å². The van der Waals surface area contributed by atoms with Gasteiger partial charge in [-0.05, 0) is 29.3 Å². The lowest BCUT2D eigenvalue weighted by Gasteiger charge is -2.08. The summed E-state index contributed by atoms with van der Waals surface area (Å²) in [5.74, 6) is 1.48. The van der Waals surface area contributed by atoms with E-state index in [-0.39, 0.29) is 0 Å². The molecule has 0 amide bonds.